The van der Waals surface area contributed by atoms with Crippen LogP contribution in [0, 0.1) is 5.92 Å². The predicted molar refractivity (Wildman–Crippen MR) is 123 cm³/mol. The maximum atomic E-state index is 13.3. The molecule has 1 fully saturated rings. The lowest BCUT2D eigenvalue weighted by molar-refractivity contribution is -0.134. The van der Waals surface area contributed by atoms with Crippen molar-refractivity contribution >= 4 is 11.8 Å². The van der Waals surface area contributed by atoms with Crippen molar-refractivity contribution in [1.29, 1.82) is 0 Å². The molecule has 2 N–H and O–H groups in total. The van der Waals surface area contributed by atoms with E-state index in [9.17, 15) is 19.2 Å². The average Bonchev–Trinajstić information content (AvgIpc) is 2.97. The smallest absolute Gasteiger partial charge is 0.326 e. The molecule has 170 valence electrons. The van der Waals surface area contributed by atoms with Crippen molar-refractivity contribution in [1.82, 2.24) is 24.8 Å². The van der Waals surface area contributed by atoms with Gasteiger partial charge in [0.05, 0.1) is 5.92 Å². The molecule has 9 nitrogen and oxygen atoms in total. The molecular weight excluding hydrogens is 422 g/mol. The number of nitrogens with one attached hydrogen (secondary N) is 2. The molecule has 9 heteroatoms. The number of hydrogen-bond donors (Lipinski definition) is 2. The Kier molecular flexibility index (Phi) is 6.48. The van der Waals surface area contributed by atoms with Gasteiger partial charge < -0.3 is 14.8 Å². The van der Waals surface area contributed by atoms with E-state index in [0.29, 0.717) is 26.1 Å². The lowest BCUT2D eigenvalue weighted by Gasteiger charge is -2.24. The summed E-state index contributed by atoms with van der Waals surface area (Å²) in [4.78, 5) is 61.7. The molecule has 0 radical (unpaired) electrons. The minimum atomic E-state index is -0.742. The van der Waals surface area contributed by atoms with Gasteiger partial charge in [0.1, 0.15) is 5.69 Å². The van der Waals surface area contributed by atoms with Gasteiger partial charge in [0.25, 0.3) is 11.5 Å². The van der Waals surface area contributed by atoms with E-state index in [4.69, 9.17) is 0 Å². The highest BCUT2D eigenvalue weighted by atomic mass is 16.2. The van der Waals surface area contributed by atoms with Gasteiger partial charge in [-0.1, -0.05) is 30.3 Å². The van der Waals surface area contributed by atoms with Crippen molar-refractivity contribution in [2.45, 2.75) is 13.3 Å². The van der Waals surface area contributed by atoms with Gasteiger partial charge in [-0.05, 0) is 30.5 Å². The van der Waals surface area contributed by atoms with Gasteiger partial charge in [-0.3, -0.25) is 24.4 Å². The standard InChI is InChI=1S/C24H25N5O4/c1-2-28-10-11-29(23(32)20-13-21(30)27-24(33)26-20)15-18(22(28)31)12-16-6-3-4-8-19(16)17-7-5-9-25-14-17/h3-9,13-14,18H,2,10-12,15H2,1H3,(H2,26,27,30,33)/t18-/m1/s1. The Labute approximate surface area is 190 Å². The molecule has 0 spiro atoms. The maximum Gasteiger partial charge on any atom is 0.326 e. The van der Waals surface area contributed by atoms with Crippen LogP contribution in [-0.4, -0.2) is 62.7 Å². The SMILES string of the molecule is CCN1CCN(C(=O)c2cc(=O)[nH]c(=O)[nH]2)C[C@@H](Cc2ccccc2-c2cccnc2)C1=O. The number of aromatic nitrogens is 3. The molecule has 1 aliphatic rings. The minimum Gasteiger partial charge on any atom is -0.341 e. The van der Waals surface area contributed by atoms with E-state index in [0.717, 1.165) is 22.8 Å². The first-order valence-corrected chi connectivity index (χ1v) is 10.9. The summed E-state index contributed by atoms with van der Waals surface area (Å²) >= 11 is 0. The molecule has 4 rings (SSSR count). The van der Waals surface area contributed by atoms with Gasteiger partial charge in [-0.2, -0.15) is 0 Å². The number of likely N-dealkylation sites (N-methyl/N-ethyl adjacent to an activating group) is 1. The number of pyridine rings is 1. The molecule has 0 aliphatic carbocycles. The summed E-state index contributed by atoms with van der Waals surface area (Å²) < 4.78 is 0. The molecule has 3 heterocycles. The van der Waals surface area contributed by atoms with Gasteiger partial charge in [0.15, 0.2) is 0 Å². The summed E-state index contributed by atoms with van der Waals surface area (Å²) in [6.07, 6.45) is 3.93. The highest BCUT2D eigenvalue weighted by Crippen LogP contribution is 2.27. The lowest BCUT2D eigenvalue weighted by atomic mass is 9.91. The summed E-state index contributed by atoms with van der Waals surface area (Å²) in [6.45, 7) is 3.32. The second-order valence-corrected chi connectivity index (χ2v) is 7.97. The molecule has 1 saturated heterocycles. The first-order chi connectivity index (χ1) is 16.0. The number of nitrogens with zero attached hydrogens (tertiary/aromatic N) is 3. The van der Waals surface area contributed by atoms with Crippen molar-refractivity contribution in [2.24, 2.45) is 5.92 Å². The summed E-state index contributed by atoms with van der Waals surface area (Å²) in [7, 11) is 0. The van der Waals surface area contributed by atoms with Crippen LogP contribution in [0.2, 0.25) is 0 Å². The fourth-order valence-electron chi connectivity index (χ4n) is 4.22. The summed E-state index contributed by atoms with van der Waals surface area (Å²) in [5, 5.41) is 0. The van der Waals surface area contributed by atoms with E-state index < -0.39 is 23.1 Å². The van der Waals surface area contributed by atoms with E-state index >= 15 is 0 Å². The van der Waals surface area contributed by atoms with Crippen LogP contribution in [-0.2, 0) is 11.2 Å². The van der Waals surface area contributed by atoms with Crippen LogP contribution in [0.4, 0.5) is 0 Å². The quantitative estimate of drug-likeness (QED) is 0.611. The first-order valence-electron chi connectivity index (χ1n) is 10.9. The Balaban J connectivity index is 1.65. The van der Waals surface area contributed by atoms with Crippen LogP contribution in [0.25, 0.3) is 11.1 Å². The Morgan fingerprint density at radius 3 is 2.64 bits per heavy atom. The van der Waals surface area contributed by atoms with Gasteiger partial charge >= 0.3 is 5.69 Å². The molecule has 1 atom stereocenters. The molecule has 0 saturated carbocycles. The number of carbonyl (C=O) groups excluding carboxylic acids is 2. The van der Waals surface area contributed by atoms with Gasteiger partial charge in [-0.15, -0.1) is 0 Å². The lowest BCUT2D eigenvalue weighted by Crippen LogP contribution is -2.39. The fourth-order valence-corrected chi connectivity index (χ4v) is 4.22. The fraction of sp³-hybridized carbons (Fsp3) is 0.292. The Hall–Kier alpha value is -4.01. The second-order valence-electron chi connectivity index (χ2n) is 7.97. The summed E-state index contributed by atoms with van der Waals surface area (Å²) in [5.74, 6) is -0.967. The molecule has 0 unspecified atom stereocenters. The molecule has 3 aromatic rings. The summed E-state index contributed by atoms with van der Waals surface area (Å²) in [5.41, 5.74) is 1.45. The van der Waals surface area contributed by atoms with Crippen LogP contribution >= 0.6 is 0 Å². The van der Waals surface area contributed by atoms with E-state index in [2.05, 4.69) is 15.0 Å². The maximum absolute atomic E-state index is 13.3. The van der Waals surface area contributed by atoms with E-state index in [1.165, 1.54) is 4.90 Å². The topological polar surface area (TPSA) is 119 Å². The van der Waals surface area contributed by atoms with E-state index in [1.807, 2.05) is 43.3 Å². The molecule has 33 heavy (non-hydrogen) atoms. The number of H-pyrrole nitrogens is 2. The van der Waals surface area contributed by atoms with Crippen molar-refractivity contribution in [3.05, 3.63) is 87.0 Å². The molecule has 0 bridgehead atoms. The third-order valence-corrected chi connectivity index (χ3v) is 5.86. The molecule has 2 aromatic heterocycles. The van der Waals surface area contributed by atoms with Crippen molar-refractivity contribution < 1.29 is 9.59 Å². The van der Waals surface area contributed by atoms with Crippen LogP contribution in [0.5, 0.6) is 0 Å². The number of benzene rings is 1. The van der Waals surface area contributed by atoms with Crippen LogP contribution in [0.15, 0.2) is 64.4 Å². The second kappa shape index (κ2) is 9.64. The van der Waals surface area contributed by atoms with Gasteiger partial charge in [0.2, 0.25) is 5.91 Å². The van der Waals surface area contributed by atoms with Gasteiger partial charge in [0, 0.05) is 50.2 Å². The molecule has 1 aliphatic heterocycles. The minimum absolute atomic E-state index is 0.0202. The predicted octanol–water partition coefficient (Wildman–Crippen LogP) is 1.29. The van der Waals surface area contributed by atoms with Crippen molar-refractivity contribution in [3.63, 3.8) is 0 Å². The number of rotatable bonds is 5. The molecular formula is C24H25N5O4. The Morgan fingerprint density at radius 2 is 1.91 bits per heavy atom. The largest absolute Gasteiger partial charge is 0.341 e. The number of amides is 2. The number of carbonyl (C=O) groups is 2. The zero-order chi connectivity index (χ0) is 23.4. The number of hydrogen-bond acceptors (Lipinski definition) is 5. The highest BCUT2D eigenvalue weighted by molar-refractivity contribution is 5.93. The van der Waals surface area contributed by atoms with Crippen molar-refractivity contribution in [3.8, 4) is 11.1 Å². The van der Waals surface area contributed by atoms with E-state index in [1.54, 1.807) is 17.3 Å². The van der Waals surface area contributed by atoms with Crippen LogP contribution in [0.3, 0.4) is 0 Å². The molecule has 1 aromatic carbocycles. The molecule has 2 amide bonds. The summed E-state index contributed by atoms with van der Waals surface area (Å²) in [6, 6.07) is 12.8. The normalized spacial score (nSPS) is 16.5. The van der Waals surface area contributed by atoms with Crippen LogP contribution < -0.4 is 11.2 Å². The van der Waals surface area contributed by atoms with Gasteiger partial charge in [-0.25, -0.2) is 4.79 Å². The average molecular weight is 447 g/mol. The Bertz CT molecular complexity index is 1240. The third kappa shape index (κ3) is 4.92. The number of aromatic amines is 2. The Morgan fingerprint density at radius 1 is 1.09 bits per heavy atom. The zero-order valence-corrected chi connectivity index (χ0v) is 18.3. The van der Waals surface area contributed by atoms with Crippen molar-refractivity contribution in [2.75, 3.05) is 26.2 Å². The first kappa shape index (κ1) is 22.2. The van der Waals surface area contributed by atoms with Crippen LogP contribution in [0.1, 0.15) is 23.0 Å². The highest BCUT2D eigenvalue weighted by Gasteiger charge is 2.33. The third-order valence-electron chi connectivity index (χ3n) is 5.86. The monoisotopic (exact) mass is 447 g/mol. The van der Waals surface area contributed by atoms with E-state index in [-0.39, 0.29) is 18.1 Å². The zero-order valence-electron chi connectivity index (χ0n) is 18.3.